The van der Waals surface area contributed by atoms with Crippen LogP contribution in [-0.2, 0) is 19.3 Å². The summed E-state index contributed by atoms with van der Waals surface area (Å²) in [6, 6.07) is 5.50. The zero-order chi connectivity index (χ0) is 11.7. The van der Waals surface area contributed by atoms with Crippen LogP contribution in [0.5, 0.6) is 0 Å². The highest BCUT2D eigenvalue weighted by Crippen LogP contribution is 2.31. The van der Waals surface area contributed by atoms with Crippen molar-refractivity contribution >= 4 is 15.9 Å². The van der Waals surface area contributed by atoms with E-state index in [1.165, 1.54) is 61.5 Å². The van der Waals surface area contributed by atoms with Gasteiger partial charge in [0, 0.05) is 10.5 Å². The fraction of sp³-hybridized carbons (Fsp3) is 0.600. The van der Waals surface area contributed by atoms with Crippen LogP contribution in [0.15, 0.2) is 16.6 Å². The van der Waals surface area contributed by atoms with Crippen molar-refractivity contribution in [1.29, 1.82) is 0 Å². The number of piperidine rings is 1. The van der Waals surface area contributed by atoms with Gasteiger partial charge in [-0.2, -0.15) is 0 Å². The van der Waals surface area contributed by atoms with Crippen molar-refractivity contribution in [2.75, 3.05) is 6.54 Å². The summed E-state index contributed by atoms with van der Waals surface area (Å²) in [6.07, 6.45) is 9.16. The molecule has 1 aromatic rings. The summed E-state index contributed by atoms with van der Waals surface area (Å²) in [4.78, 5) is 0. The van der Waals surface area contributed by atoms with Crippen LogP contribution in [0.1, 0.15) is 42.4 Å². The Bertz CT molecular complexity index is 408. The number of hydrogen-bond donors (Lipinski definition) is 1. The molecule has 1 heterocycles. The van der Waals surface area contributed by atoms with Crippen molar-refractivity contribution in [3.63, 3.8) is 0 Å². The predicted octanol–water partition coefficient (Wildman–Crippen LogP) is 3.62. The molecule has 1 fully saturated rings. The van der Waals surface area contributed by atoms with E-state index >= 15 is 0 Å². The van der Waals surface area contributed by atoms with E-state index in [0.717, 1.165) is 0 Å². The summed E-state index contributed by atoms with van der Waals surface area (Å²) in [5.41, 5.74) is 4.66. The first-order valence-corrected chi connectivity index (χ1v) is 7.66. The predicted molar refractivity (Wildman–Crippen MR) is 75.5 cm³/mol. The van der Waals surface area contributed by atoms with E-state index in [0.29, 0.717) is 6.04 Å². The first-order valence-electron chi connectivity index (χ1n) is 6.86. The Morgan fingerprint density at radius 1 is 1.18 bits per heavy atom. The van der Waals surface area contributed by atoms with Crippen LogP contribution in [0.25, 0.3) is 0 Å². The van der Waals surface area contributed by atoms with Crippen molar-refractivity contribution < 1.29 is 0 Å². The van der Waals surface area contributed by atoms with Crippen LogP contribution in [0.2, 0.25) is 0 Å². The van der Waals surface area contributed by atoms with Gasteiger partial charge in [0.25, 0.3) is 0 Å². The summed E-state index contributed by atoms with van der Waals surface area (Å²) in [7, 11) is 0. The lowest BCUT2D eigenvalue weighted by molar-refractivity contribution is 0.399. The molecule has 1 aliphatic heterocycles. The summed E-state index contributed by atoms with van der Waals surface area (Å²) < 4.78 is 1.35. The molecule has 1 atom stereocenters. The zero-order valence-corrected chi connectivity index (χ0v) is 11.9. The number of aryl methyl sites for hydroxylation is 1. The molecule has 0 bridgehead atoms. The molecule has 1 saturated heterocycles. The van der Waals surface area contributed by atoms with E-state index in [1.807, 2.05) is 0 Å². The Morgan fingerprint density at radius 2 is 2.12 bits per heavy atom. The van der Waals surface area contributed by atoms with Crippen LogP contribution in [-0.4, -0.2) is 12.6 Å². The number of fused-ring (bicyclic) bond motifs is 1. The van der Waals surface area contributed by atoms with Gasteiger partial charge in [-0.25, -0.2) is 0 Å². The minimum atomic E-state index is 0.704. The third kappa shape index (κ3) is 2.58. The van der Waals surface area contributed by atoms with Crippen LogP contribution in [0.4, 0.5) is 0 Å². The van der Waals surface area contributed by atoms with E-state index in [4.69, 9.17) is 0 Å². The third-order valence-electron chi connectivity index (χ3n) is 4.12. The minimum absolute atomic E-state index is 0.704. The molecule has 3 rings (SSSR count). The summed E-state index contributed by atoms with van der Waals surface area (Å²) in [6.45, 7) is 1.21. The maximum atomic E-state index is 3.74. The van der Waals surface area contributed by atoms with Gasteiger partial charge in [0.15, 0.2) is 0 Å². The van der Waals surface area contributed by atoms with Crippen molar-refractivity contribution in [2.24, 2.45) is 0 Å². The Hall–Kier alpha value is -0.340. The molecule has 2 heteroatoms. The van der Waals surface area contributed by atoms with Gasteiger partial charge in [-0.05, 0) is 67.8 Å². The number of hydrogen-bond acceptors (Lipinski definition) is 1. The lowest BCUT2D eigenvalue weighted by Gasteiger charge is -2.23. The molecule has 0 saturated carbocycles. The van der Waals surface area contributed by atoms with Crippen molar-refractivity contribution in [3.8, 4) is 0 Å². The Kier molecular flexibility index (Phi) is 3.53. The highest BCUT2D eigenvalue weighted by molar-refractivity contribution is 9.10. The van der Waals surface area contributed by atoms with Gasteiger partial charge in [-0.15, -0.1) is 0 Å². The maximum Gasteiger partial charge on any atom is 0.0212 e. The molecule has 1 unspecified atom stereocenters. The molecule has 2 aliphatic rings. The van der Waals surface area contributed by atoms with E-state index < -0.39 is 0 Å². The van der Waals surface area contributed by atoms with Crippen LogP contribution >= 0.6 is 15.9 Å². The molecule has 0 amide bonds. The molecule has 1 N–H and O–H groups in total. The number of nitrogens with one attached hydrogen (secondary N) is 1. The Labute approximate surface area is 112 Å². The Morgan fingerprint density at radius 3 is 2.94 bits per heavy atom. The molecule has 0 spiro atoms. The van der Waals surface area contributed by atoms with Crippen molar-refractivity contribution in [1.82, 2.24) is 5.32 Å². The smallest absolute Gasteiger partial charge is 0.0212 e. The average molecular weight is 294 g/mol. The van der Waals surface area contributed by atoms with Gasteiger partial charge >= 0.3 is 0 Å². The molecule has 17 heavy (non-hydrogen) atoms. The summed E-state index contributed by atoms with van der Waals surface area (Å²) in [5, 5.41) is 3.64. The zero-order valence-electron chi connectivity index (χ0n) is 10.3. The quantitative estimate of drug-likeness (QED) is 0.878. The number of rotatable bonds is 2. The fourth-order valence-electron chi connectivity index (χ4n) is 3.22. The van der Waals surface area contributed by atoms with Gasteiger partial charge in [-0.1, -0.05) is 28.4 Å². The van der Waals surface area contributed by atoms with E-state index in [1.54, 1.807) is 11.1 Å². The molecule has 1 nitrogen and oxygen atoms in total. The molecular weight excluding hydrogens is 274 g/mol. The number of halogens is 1. The standard InChI is InChI=1S/C15H20BrN/c16-15-10-11(8-12-4-3-6-14(12)15)9-13-5-1-2-7-17-13/h8,10,13,17H,1-7,9H2. The monoisotopic (exact) mass is 293 g/mol. The Balaban J connectivity index is 1.76. The van der Waals surface area contributed by atoms with E-state index in [-0.39, 0.29) is 0 Å². The maximum absolute atomic E-state index is 3.74. The molecular formula is C15H20BrN. The van der Waals surface area contributed by atoms with Crippen molar-refractivity contribution in [2.45, 2.75) is 51.0 Å². The van der Waals surface area contributed by atoms with Gasteiger partial charge < -0.3 is 5.32 Å². The second-order valence-electron chi connectivity index (χ2n) is 5.42. The molecule has 1 aromatic carbocycles. The first kappa shape index (κ1) is 11.7. The molecule has 92 valence electrons. The van der Waals surface area contributed by atoms with Gasteiger partial charge in [-0.3, -0.25) is 0 Å². The van der Waals surface area contributed by atoms with Crippen LogP contribution < -0.4 is 5.32 Å². The first-order chi connectivity index (χ1) is 8.33. The largest absolute Gasteiger partial charge is 0.314 e. The summed E-state index contributed by atoms with van der Waals surface area (Å²) in [5.74, 6) is 0. The normalized spacial score (nSPS) is 23.7. The van der Waals surface area contributed by atoms with E-state index in [2.05, 4.69) is 33.4 Å². The third-order valence-corrected chi connectivity index (χ3v) is 4.82. The van der Waals surface area contributed by atoms with Crippen molar-refractivity contribution in [3.05, 3.63) is 33.3 Å². The topological polar surface area (TPSA) is 12.0 Å². The molecule has 0 aromatic heterocycles. The van der Waals surface area contributed by atoms with Crippen LogP contribution in [0, 0.1) is 0 Å². The SMILES string of the molecule is Brc1cc(CC2CCCCN2)cc2c1CCC2. The number of benzene rings is 1. The van der Waals surface area contributed by atoms with E-state index in [9.17, 15) is 0 Å². The van der Waals surface area contributed by atoms with Gasteiger partial charge in [0.2, 0.25) is 0 Å². The van der Waals surface area contributed by atoms with Gasteiger partial charge in [0.05, 0.1) is 0 Å². The lowest BCUT2D eigenvalue weighted by atomic mass is 9.96. The average Bonchev–Trinajstić information content (AvgIpc) is 2.79. The highest BCUT2D eigenvalue weighted by Gasteiger charge is 2.17. The second-order valence-corrected chi connectivity index (χ2v) is 6.27. The molecule has 1 aliphatic carbocycles. The fourth-order valence-corrected chi connectivity index (χ4v) is 3.96. The molecule has 0 radical (unpaired) electrons. The second kappa shape index (κ2) is 5.11. The lowest BCUT2D eigenvalue weighted by Crippen LogP contribution is -2.35. The highest BCUT2D eigenvalue weighted by atomic mass is 79.9. The summed E-state index contributed by atoms with van der Waals surface area (Å²) >= 11 is 3.74. The van der Waals surface area contributed by atoms with Gasteiger partial charge in [0.1, 0.15) is 0 Å². The van der Waals surface area contributed by atoms with Crippen LogP contribution in [0.3, 0.4) is 0 Å². The minimum Gasteiger partial charge on any atom is -0.314 e.